The number of hydrogen-bond donors (Lipinski definition) is 1. The molecule has 1 N–H and O–H groups in total. The first-order chi connectivity index (χ1) is 8.55. The van der Waals surface area contributed by atoms with Gasteiger partial charge in [0.25, 0.3) is 5.91 Å². The molecular weight excluding hydrogens is 245 g/mol. The molecule has 96 valence electrons. The Morgan fingerprint density at radius 3 is 2.67 bits per heavy atom. The molecule has 0 radical (unpaired) electrons. The number of rotatable bonds is 5. The lowest BCUT2D eigenvalue weighted by Crippen LogP contribution is -2.12. The molecule has 0 spiro atoms. The molecule has 1 amide bonds. The summed E-state index contributed by atoms with van der Waals surface area (Å²) in [5.74, 6) is -0.287. The van der Waals surface area contributed by atoms with Crippen LogP contribution in [-0.2, 0) is 9.36 Å². The molecule has 1 aromatic carbocycles. The Morgan fingerprint density at radius 1 is 1.44 bits per heavy atom. The van der Waals surface area contributed by atoms with E-state index in [9.17, 15) is 9.36 Å². The zero-order chi connectivity index (χ0) is 13.6. The van der Waals surface area contributed by atoms with Crippen molar-refractivity contribution in [2.24, 2.45) is 0 Å². The van der Waals surface area contributed by atoms with Crippen molar-refractivity contribution in [1.29, 1.82) is 0 Å². The van der Waals surface area contributed by atoms with E-state index < -0.39 is 7.14 Å². The quantitative estimate of drug-likeness (QED) is 0.504. The lowest BCUT2D eigenvalue weighted by atomic mass is 10.3. The second-order valence-electron chi connectivity index (χ2n) is 3.91. The fraction of sp³-hybridized carbons (Fsp3) is 0.286. The summed E-state index contributed by atoms with van der Waals surface area (Å²) in [6, 6.07) is 7.21. The number of hydrogen-bond acceptors (Lipinski definition) is 2. The Kier molecular flexibility index (Phi) is 5.15. The van der Waals surface area contributed by atoms with Crippen LogP contribution in [0.2, 0.25) is 0 Å². The number of nitrogens with one attached hydrogen (secondary N) is 1. The Hall–Kier alpha value is -1.56. The van der Waals surface area contributed by atoms with Crippen molar-refractivity contribution < 1.29 is 9.36 Å². The average Bonchev–Trinajstić information content (AvgIpc) is 2.38. The van der Waals surface area contributed by atoms with Crippen molar-refractivity contribution >= 4 is 24.0 Å². The summed E-state index contributed by atoms with van der Waals surface area (Å²) in [4.78, 5) is 11.4. The van der Waals surface area contributed by atoms with Gasteiger partial charge < -0.3 is 9.88 Å². The van der Waals surface area contributed by atoms with Crippen LogP contribution in [-0.4, -0.2) is 18.2 Å². The minimum absolute atomic E-state index is 0.287. The maximum absolute atomic E-state index is 12.6. The number of amides is 1. The molecule has 0 heterocycles. The summed E-state index contributed by atoms with van der Waals surface area (Å²) in [6.45, 7) is 7.19. The van der Waals surface area contributed by atoms with Gasteiger partial charge in [-0.3, -0.25) is 4.79 Å². The van der Waals surface area contributed by atoms with Crippen LogP contribution in [0.3, 0.4) is 0 Å². The molecule has 0 saturated carbocycles. The lowest BCUT2D eigenvalue weighted by Gasteiger charge is -2.15. The van der Waals surface area contributed by atoms with Gasteiger partial charge in [0.05, 0.1) is 0 Å². The zero-order valence-corrected chi connectivity index (χ0v) is 11.7. The number of benzene rings is 1. The van der Waals surface area contributed by atoms with E-state index in [1.54, 1.807) is 18.2 Å². The van der Waals surface area contributed by atoms with Crippen LogP contribution in [0.1, 0.15) is 13.8 Å². The van der Waals surface area contributed by atoms with E-state index in [0.717, 1.165) is 5.30 Å². The molecule has 0 aliphatic carbocycles. The molecule has 0 bridgehead atoms. The largest absolute Gasteiger partial charge is 0.322 e. The van der Waals surface area contributed by atoms with Crippen LogP contribution >= 0.6 is 7.14 Å². The normalized spacial score (nSPS) is 10.6. The average molecular weight is 263 g/mol. The van der Waals surface area contributed by atoms with E-state index in [4.69, 9.17) is 0 Å². The molecular formula is C14H18NO2P. The molecule has 0 aliphatic rings. The minimum Gasteiger partial charge on any atom is -0.322 e. The molecule has 18 heavy (non-hydrogen) atoms. The van der Waals surface area contributed by atoms with E-state index in [-0.39, 0.29) is 5.91 Å². The predicted octanol–water partition coefficient (Wildman–Crippen LogP) is 2.99. The fourth-order valence-corrected chi connectivity index (χ4v) is 3.61. The highest BCUT2D eigenvalue weighted by molar-refractivity contribution is 7.71. The third-order valence-electron chi connectivity index (χ3n) is 2.84. The summed E-state index contributed by atoms with van der Waals surface area (Å²) in [5.41, 5.74) is 3.06. The number of anilines is 1. The molecule has 0 aromatic heterocycles. The molecule has 1 aromatic rings. The van der Waals surface area contributed by atoms with E-state index in [1.807, 2.05) is 19.9 Å². The van der Waals surface area contributed by atoms with Crippen molar-refractivity contribution in [2.75, 3.05) is 17.6 Å². The summed E-state index contributed by atoms with van der Waals surface area (Å²) in [5, 5.41) is 3.50. The highest BCUT2D eigenvalue weighted by Gasteiger charge is 2.20. The number of carbonyl (C=O) groups is 1. The SMILES string of the molecule is C=C=CC(=O)Nc1cccc(P(=O)(CC)CC)c1. The van der Waals surface area contributed by atoms with Gasteiger partial charge in [-0.05, 0) is 12.1 Å². The summed E-state index contributed by atoms with van der Waals surface area (Å²) < 4.78 is 12.6. The third-order valence-corrected chi connectivity index (χ3v) is 6.10. The zero-order valence-electron chi connectivity index (χ0n) is 10.8. The maximum atomic E-state index is 12.6. The molecule has 0 saturated heterocycles. The summed E-state index contributed by atoms with van der Waals surface area (Å²) in [7, 11) is -2.31. The van der Waals surface area contributed by atoms with Crippen molar-refractivity contribution in [3.8, 4) is 0 Å². The number of carbonyl (C=O) groups excluding carboxylic acids is 1. The second-order valence-corrected chi connectivity index (χ2v) is 7.47. The second kappa shape index (κ2) is 6.39. The van der Waals surface area contributed by atoms with Gasteiger partial charge in [0, 0.05) is 29.4 Å². The van der Waals surface area contributed by atoms with Crippen LogP contribution in [0.5, 0.6) is 0 Å². The third kappa shape index (κ3) is 3.46. The van der Waals surface area contributed by atoms with Crippen LogP contribution in [0.25, 0.3) is 0 Å². The van der Waals surface area contributed by atoms with Crippen LogP contribution in [0.15, 0.2) is 42.7 Å². The van der Waals surface area contributed by atoms with Crippen LogP contribution in [0.4, 0.5) is 5.69 Å². The molecule has 4 heteroatoms. The van der Waals surface area contributed by atoms with Gasteiger partial charge in [0.15, 0.2) is 0 Å². The van der Waals surface area contributed by atoms with Gasteiger partial charge in [-0.1, -0.05) is 32.6 Å². The smallest absolute Gasteiger partial charge is 0.256 e. The standard InChI is InChI=1S/C14H18NO2P/c1-4-8-14(16)15-12-9-7-10-13(11-12)18(17,5-2)6-3/h7-11H,1,5-6H2,2-3H3,(H,15,16). The van der Waals surface area contributed by atoms with Gasteiger partial charge in [0.2, 0.25) is 0 Å². The molecule has 0 fully saturated rings. The van der Waals surface area contributed by atoms with Crippen molar-refractivity contribution in [1.82, 2.24) is 0 Å². The molecule has 0 aliphatic heterocycles. The fourth-order valence-electron chi connectivity index (χ4n) is 1.70. The lowest BCUT2D eigenvalue weighted by molar-refractivity contribution is -0.111. The van der Waals surface area contributed by atoms with Gasteiger partial charge in [0.1, 0.15) is 7.14 Å². The topological polar surface area (TPSA) is 46.2 Å². The Morgan fingerprint density at radius 2 is 2.11 bits per heavy atom. The summed E-state index contributed by atoms with van der Waals surface area (Å²) in [6.07, 6.45) is 2.49. The van der Waals surface area contributed by atoms with Crippen LogP contribution < -0.4 is 10.6 Å². The van der Waals surface area contributed by atoms with Crippen LogP contribution in [0, 0.1) is 0 Å². The van der Waals surface area contributed by atoms with Gasteiger partial charge >= 0.3 is 0 Å². The Balaban J connectivity index is 3.02. The highest BCUT2D eigenvalue weighted by atomic mass is 31.2. The van der Waals surface area contributed by atoms with Gasteiger partial charge in [-0.15, -0.1) is 5.73 Å². The minimum atomic E-state index is -2.31. The van der Waals surface area contributed by atoms with E-state index >= 15 is 0 Å². The summed E-state index contributed by atoms with van der Waals surface area (Å²) >= 11 is 0. The van der Waals surface area contributed by atoms with E-state index in [2.05, 4.69) is 17.6 Å². The van der Waals surface area contributed by atoms with E-state index in [1.165, 1.54) is 6.08 Å². The van der Waals surface area contributed by atoms with E-state index in [0.29, 0.717) is 18.0 Å². The van der Waals surface area contributed by atoms with Gasteiger partial charge in [-0.2, -0.15) is 0 Å². The molecule has 0 unspecified atom stereocenters. The first kappa shape index (κ1) is 14.5. The van der Waals surface area contributed by atoms with Crippen molar-refractivity contribution in [3.05, 3.63) is 42.7 Å². The first-order valence-corrected chi connectivity index (χ1v) is 7.99. The predicted molar refractivity (Wildman–Crippen MR) is 77.1 cm³/mol. The Bertz CT molecular complexity index is 522. The van der Waals surface area contributed by atoms with Crippen molar-refractivity contribution in [2.45, 2.75) is 13.8 Å². The Labute approximate surface area is 108 Å². The van der Waals surface area contributed by atoms with Crippen molar-refractivity contribution in [3.63, 3.8) is 0 Å². The molecule has 3 nitrogen and oxygen atoms in total. The monoisotopic (exact) mass is 263 g/mol. The maximum Gasteiger partial charge on any atom is 0.256 e. The highest BCUT2D eigenvalue weighted by Crippen LogP contribution is 2.43. The van der Waals surface area contributed by atoms with Gasteiger partial charge in [-0.25, -0.2) is 0 Å². The molecule has 1 rings (SSSR count). The molecule has 0 atom stereocenters. The first-order valence-electron chi connectivity index (χ1n) is 5.91.